The molecule has 7 nitrogen and oxygen atoms in total. The summed E-state index contributed by atoms with van der Waals surface area (Å²) in [5.41, 5.74) is -6.74. The van der Waals surface area contributed by atoms with Crippen molar-refractivity contribution < 1.29 is 28.9 Å². The van der Waals surface area contributed by atoms with E-state index >= 15 is 0 Å². The van der Waals surface area contributed by atoms with E-state index in [-0.39, 0.29) is 24.2 Å². The van der Waals surface area contributed by atoms with Crippen molar-refractivity contribution in [2.24, 2.45) is 10.8 Å². The molecule has 180 valence electrons. The SMILES string of the molecule is COc1ccc(-c2cc3c(c(=O)o2)C[C@]2(O)[C@@]4(C)C(=O)C=CC(C)(C)[C@]4(O)CC[C@@]2(C)O3)cc1. The Morgan fingerprint density at radius 3 is 2.29 bits per heavy atom. The van der Waals surface area contributed by atoms with E-state index in [2.05, 4.69) is 0 Å². The minimum absolute atomic E-state index is 0.155. The van der Waals surface area contributed by atoms with Crippen LogP contribution in [0, 0.1) is 10.8 Å². The van der Waals surface area contributed by atoms with Gasteiger partial charge in [-0.05, 0) is 57.0 Å². The van der Waals surface area contributed by atoms with E-state index in [1.807, 2.05) is 13.8 Å². The quantitative estimate of drug-likeness (QED) is 0.698. The van der Waals surface area contributed by atoms with Gasteiger partial charge in [0.2, 0.25) is 0 Å². The number of rotatable bonds is 2. The summed E-state index contributed by atoms with van der Waals surface area (Å²) in [5.74, 6) is 0.946. The molecule has 0 spiro atoms. The molecule has 2 aliphatic carbocycles. The molecule has 0 bridgehead atoms. The fourth-order valence-electron chi connectivity index (χ4n) is 6.35. The molecule has 4 atom stereocenters. The minimum Gasteiger partial charge on any atom is -0.497 e. The molecule has 7 heteroatoms. The fourth-order valence-corrected chi connectivity index (χ4v) is 6.35. The standard InChI is InChI=1S/C27H30O7/c1-23(2)11-10-21(28)25(4)26(23,30)13-12-24(3)27(25,31)15-18-20(34-24)14-19(33-22(18)29)16-6-8-17(32-5)9-7-16/h6-11,14,30-31H,12-13,15H2,1-5H3/t24-,25+,26-,27-/m1/s1. The van der Waals surface area contributed by atoms with E-state index in [4.69, 9.17) is 13.9 Å². The highest BCUT2D eigenvalue weighted by molar-refractivity contribution is 5.98. The molecule has 2 aromatic rings. The second kappa shape index (κ2) is 6.83. The van der Waals surface area contributed by atoms with Gasteiger partial charge < -0.3 is 24.1 Å². The Morgan fingerprint density at radius 1 is 0.971 bits per heavy atom. The van der Waals surface area contributed by atoms with Crippen LogP contribution in [0.5, 0.6) is 11.5 Å². The number of hydrogen-bond acceptors (Lipinski definition) is 7. The van der Waals surface area contributed by atoms with E-state index in [9.17, 15) is 19.8 Å². The first-order valence-electron chi connectivity index (χ1n) is 11.5. The van der Waals surface area contributed by atoms with Crippen molar-refractivity contribution in [1.82, 2.24) is 0 Å². The normalized spacial score (nSPS) is 35.6. The van der Waals surface area contributed by atoms with E-state index in [0.717, 1.165) is 0 Å². The number of hydrogen-bond donors (Lipinski definition) is 2. The Bertz CT molecular complexity index is 1270. The molecule has 1 aromatic carbocycles. The van der Waals surface area contributed by atoms with Gasteiger partial charge in [-0.1, -0.05) is 19.9 Å². The third kappa shape index (κ3) is 2.59. The molecule has 0 saturated heterocycles. The highest BCUT2D eigenvalue weighted by atomic mass is 16.5. The zero-order valence-electron chi connectivity index (χ0n) is 20.1. The summed E-state index contributed by atoms with van der Waals surface area (Å²) in [5, 5.41) is 24.2. The molecular formula is C27H30O7. The van der Waals surface area contributed by atoms with Crippen LogP contribution in [0.1, 0.15) is 46.1 Å². The van der Waals surface area contributed by atoms with Gasteiger partial charge in [-0.25, -0.2) is 4.79 Å². The molecule has 5 rings (SSSR count). The van der Waals surface area contributed by atoms with Crippen LogP contribution >= 0.6 is 0 Å². The van der Waals surface area contributed by atoms with Crippen molar-refractivity contribution in [3.05, 3.63) is 58.5 Å². The largest absolute Gasteiger partial charge is 0.497 e. The van der Waals surface area contributed by atoms with E-state index < -0.39 is 33.3 Å². The van der Waals surface area contributed by atoms with Crippen LogP contribution < -0.4 is 15.1 Å². The van der Waals surface area contributed by atoms with Gasteiger partial charge in [-0.2, -0.15) is 0 Å². The highest BCUT2D eigenvalue weighted by Crippen LogP contribution is 2.65. The average molecular weight is 467 g/mol. The zero-order valence-corrected chi connectivity index (χ0v) is 20.1. The molecule has 3 aliphatic rings. The van der Waals surface area contributed by atoms with E-state index in [1.54, 1.807) is 57.4 Å². The first-order valence-corrected chi connectivity index (χ1v) is 11.5. The van der Waals surface area contributed by atoms with E-state index in [1.165, 1.54) is 6.08 Å². The third-order valence-electron chi connectivity index (χ3n) is 8.85. The van der Waals surface area contributed by atoms with Crippen LogP contribution in [0.2, 0.25) is 0 Å². The van der Waals surface area contributed by atoms with E-state index in [0.29, 0.717) is 29.2 Å². The number of allylic oxidation sites excluding steroid dienone is 1. The van der Waals surface area contributed by atoms with Gasteiger partial charge in [0.25, 0.3) is 0 Å². The number of benzene rings is 1. The second-order valence-electron chi connectivity index (χ2n) is 10.7. The molecule has 1 aromatic heterocycles. The molecule has 2 heterocycles. The summed E-state index contributed by atoms with van der Waals surface area (Å²) < 4.78 is 17.2. The maximum Gasteiger partial charge on any atom is 0.343 e. The van der Waals surface area contributed by atoms with Crippen molar-refractivity contribution in [2.75, 3.05) is 7.11 Å². The lowest BCUT2D eigenvalue weighted by Crippen LogP contribution is -2.81. The van der Waals surface area contributed by atoms with Gasteiger partial charge >= 0.3 is 5.63 Å². The lowest BCUT2D eigenvalue weighted by molar-refractivity contribution is -0.297. The monoisotopic (exact) mass is 466 g/mol. The summed E-state index contributed by atoms with van der Waals surface area (Å²) >= 11 is 0. The minimum atomic E-state index is -1.84. The average Bonchev–Trinajstić information content (AvgIpc) is 2.80. The van der Waals surface area contributed by atoms with Crippen molar-refractivity contribution in [3.8, 4) is 22.8 Å². The predicted octanol–water partition coefficient (Wildman–Crippen LogP) is 3.44. The van der Waals surface area contributed by atoms with Crippen LogP contribution in [-0.4, -0.2) is 39.9 Å². The second-order valence-corrected chi connectivity index (χ2v) is 10.7. The Labute approximate surface area is 198 Å². The first-order chi connectivity index (χ1) is 15.8. The Hall–Kier alpha value is -2.90. The number of aliphatic hydroxyl groups is 2. The Morgan fingerprint density at radius 2 is 1.65 bits per heavy atom. The number of ketones is 1. The highest BCUT2D eigenvalue weighted by Gasteiger charge is 2.77. The summed E-state index contributed by atoms with van der Waals surface area (Å²) in [6.45, 7) is 7.06. The molecule has 0 amide bonds. The van der Waals surface area contributed by atoms with Gasteiger partial charge in [-0.3, -0.25) is 4.79 Å². The number of carbonyl (C=O) groups is 1. The smallest absolute Gasteiger partial charge is 0.343 e. The summed E-state index contributed by atoms with van der Waals surface area (Å²) in [6.07, 6.45) is 3.53. The van der Waals surface area contributed by atoms with Crippen LogP contribution in [-0.2, 0) is 11.2 Å². The maximum absolute atomic E-state index is 13.4. The molecule has 34 heavy (non-hydrogen) atoms. The summed E-state index contributed by atoms with van der Waals surface area (Å²) in [7, 11) is 1.57. The van der Waals surface area contributed by atoms with Crippen LogP contribution in [0.15, 0.2) is 51.7 Å². The number of carbonyl (C=O) groups excluding carboxylic acids is 1. The number of fused-ring (bicyclic) bond motifs is 4. The Balaban J connectivity index is 1.65. The van der Waals surface area contributed by atoms with Gasteiger partial charge in [0, 0.05) is 23.5 Å². The first kappa shape index (κ1) is 22.9. The summed E-state index contributed by atoms with van der Waals surface area (Å²) in [6, 6.07) is 8.74. The molecule has 1 saturated carbocycles. The number of methoxy groups -OCH3 is 1. The van der Waals surface area contributed by atoms with Crippen LogP contribution in [0.3, 0.4) is 0 Å². The van der Waals surface area contributed by atoms with Crippen molar-refractivity contribution >= 4 is 5.78 Å². The van der Waals surface area contributed by atoms with Gasteiger partial charge in [0.15, 0.2) is 5.78 Å². The van der Waals surface area contributed by atoms with Crippen LogP contribution in [0.25, 0.3) is 11.3 Å². The lowest BCUT2D eigenvalue weighted by atomic mass is 9.41. The third-order valence-corrected chi connectivity index (χ3v) is 8.85. The Kier molecular flexibility index (Phi) is 4.59. The maximum atomic E-state index is 13.4. The molecule has 0 radical (unpaired) electrons. The molecule has 0 unspecified atom stereocenters. The van der Waals surface area contributed by atoms with Crippen molar-refractivity contribution in [3.63, 3.8) is 0 Å². The molecular weight excluding hydrogens is 436 g/mol. The zero-order chi connectivity index (χ0) is 24.7. The predicted molar refractivity (Wildman–Crippen MR) is 125 cm³/mol. The van der Waals surface area contributed by atoms with Crippen molar-refractivity contribution in [2.45, 2.75) is 63.8 Å². The topological polar surface area (TPSA) is 106 Å². The van der Waals surface area contributed by atoms with Crippen LogP contribution in [0.4, 0.5) is 0 Å². The summed E-state index contributed by atoms with van der Waals surface area (Å²) in [4.78, 5) is 26.5. The van der Waals surface area contributed by atoms with Gasteiger partial charge in [-0.15, -0.1) is 0 Å². The molecule has 2 N–H and O–H groups in total. The van der Waals surface area contributed by atoms with Gasteiger partial charge in [0.05, 0.1) is 23.7 Å². The molecule has 1 fully saturated rings. The van der Waals surface area contributed by atoms with Crippen molar-refractivity contribution in [1.29, 1.82) is 0 Å². The fraction of sp³-hybridized carbons (Fsp3) is 0.481. The molecule has 1 aliphatic heterocycles. The number of ether oxygens (including phenoxy) is 2. The lowest BCUT2D eigenvalue weighted by Gasteiger charge is -2.68. The van der Waals surface area contributed by atoms with Gasteiger partial charge in [0.1, 0.15) is 28.5 Å².